The van der Waals surface area contributed by atoms with Gasteiger partial charge in [0, 0.05) is 5.56 Å². The van der Waals surface area contributed by atoms with Gasteiger partial charge in [-0.2, -0.15) is 0 Å². The van der Waals surface area contributed by atoms with Gasteiger partial charge < -0.3 is 24.6 Å². The number of ether oxygens (including phenoxy) is 3. The number of carbonyl (C=O) groups is 2. The predicted molar refractivity (Wildman–Crippen MR) is 102 cm³/mol. The van der Waals surface area contributed by atoms with Crippen molar-refractivity contribution in [3.8, 4) is 11.5 Å². The van der Waals surface area contributed by atoms with Gasteiger partial charge in [0.1, 0.15) is 17.5 Å². The van der Waals surface area contributed by atoms with E-state index in [4.69, 9.17) is 14.2 Å². The molecule has 0 saturated heterocycles. The van der Waals surface area contributed by atoms with E-state index in [0.29, 0.717) is 17.0 Å². The molecule has 1 aliphatic rings. The molecule has 0 radical (unpaired) electrons. The highest BCUT2D eigenvalue weighted by Gasteiger charge is 2.61. The van der Waals surface area contributed by atoms with Crippen LogP contribution in [0.25, 0.3) is 0 Å². The molecule has 0 fully saturated rings. The molecule has 0 saturated carbocycles. The van der Waals surface area contributed by atoms with Gasteiger partial charge in [-0.15, -0.1) is 0 Å². The first-order valence-corrected chi connectivity index (χ1v) is 9.12. The molecule has 2 aromatic rings. The SMILES string of the molecule is CCOC(=O)C1(C(=O)OCC)Oc2cc(C)ccc2NC1c1ccccc1O. The molecule has 28 heavy (non-hydrogen) atoms. The second-order valence-corrected chi connectivity index (χ2v) is 6.41. The molecule has 148 valence electrons. The zero-order valence-electron chi connectivity index (χ0n) is 16.0. The fourth-order valence-corrected chi connectivity index (χ4v) is 3.23. The fourth-order valence-electron chi connectivity index (χ4n) is 3.23. The summed E-state index contributed by atoms with van der Waals surface area (Å²) in [6.45, 7) is 5.25. The van der Waals surface area contributed by atoms with E-state index in [0.717, 1.165) is 5.56 Å². The van der Waals surface area contributed by atoms with Crippen LogP contribution in [0.3, 0.4) is 0 Å². The highest BCUT2D eigenvalue weighted by atomic mass is 16.6. The van der Waals surface area contributed by atoms with Crippen LogP contribution in [0, 0.1) is 6.92 Å². The van der Waals surface area contributed by atoms with E-state index in [1.54, 1.807) is 44.2 Å². The monoisotopic (exact) mass is 385 g/mol. The largest absolute Gasteiger partial charge is 0.508 e. The van der Waals surface area contributed by atoms with Crippen molar-refractivity contribution in [2.75, 3.05) is 18.5 Å². The van der Waals surface area contributed by atoms with Gasteiger partial charge in [0.15, 0.2) is 0 Å². The summed E-state index contributed by atoms with van der Waals surface area (Å²) in [5.41, 5.74) is -0.355. The molecule has 1 heterocycles. The number of carbonyl (C=O) groups excluding carboxylic acids is 2. The van der Waals surface area contributed by atoms with Crippen molar-refractivity contribution in [2.24, 2.45) is 0 Å². The third-order valence-corrected chi connectivity index (χ3v) is 4.52. The Morgan fingerprint density at radius 3 is 2.36 bits per heavy atom. The van der Waals surface area contributed by atoms with E-state index in [1.165, 1.54) is 6.07 Å². The highest BCUT2D eigenvalue weighted by molar-refractivity contribution is 6.06. The van der Waals surface area contributed by atoms with E-state index in [-0.39, 0.29) is 19.0 Å². The van der Waals surface area contributed by atoms with Gasteiger partial charge in [-0.25, -0.2) is 9.59 Å². The minimum atomic E-state index is -2.15. The van der Waals surface area contributed by atoms with Crippen LogP contribution in [-0.4, -0.2) is 35.9 Å². The summed E-state index contributed by atoms with van der Waals surface area (Å²) in [5, 5.41) is 13.6. The molecule has 3 rings (SSSR count). The Morgan fingerprint density at radius 2 is 1.75 bits per heavy atom. The van der Waals surface area contributed by atoms with E-state index >= 15 is 0 Å². The van der Waals surface area contributed by atoms with Gasteiger partial charge in [-0.05, 0) is 44.5 Å². The van der Waals surface area contributed by atoms with Crippen molar-refractivity contribution >= 4 is 17.6 Å². The summed E-state index contributed by atoms with van der Waals surface area (Å²) < 4.78 is 16.4. The summed E-state index contributed by atoms with van der Waals surface area (Å²) in [4.78, 5) is 26.1. The van der Waals surface area contributed by atoms with Crippen LogP contribution < -0.4 is 10.1 Å². The number of phenols is 1. The first-order valence-electron chi connectivity index (χ1n) is 9.12. The summed E-state index contributed by atoms with van der Waals surface area (Å²) >= 11 is 0. The topological polar surface area (TPSA) is 94.1 Å². The molecule has 0 aromatic heterocycles. The highest BCUT2D eigenvalue weighted by Crippen LogP contribution is 2.46. The number of esters is 2. The second kappa shape index (κ2) is 7.80. The number of nitrogens with one attached hydrogen (secondary N) is 1. The standard InChI is InChI=1S/C21H23NO6/c1-4-26-19(24)21(20(25)27-5-2)18(14-8-6-7-9-16(14)23)22-15-11-10-13(3)12-17(15)28-21/h6-12,18,22-23H,4-5H2,1-3H3. The van der Waals surface area contributed by atoms with Gasteiger partial charge in [-0.3, -0.25) is 0 Å². The van der Waals surface area contributed by atoms with E-state index < -0.39 is 23.6 Å². The first-order chi connectivity index (χ1) is 13.4. The number of benzene rings is 2. The zero-order chi connectivity index (χ0) is 20.3. The number of phenolic OH excluding ortho intramolecular Hbond substituents is 1. The maximum Gasteiger partial charge on any atom is 0.365 e. The lowest BCUT2D eigenvalue weighted by atomic mass is 9.85. The molecule has 7 heteroatoms. The summed E-state index contributed by atoms with van der Waals surface area (Å²) in [7, 11) is 0. The van der Waals surface area contributed by atoms with Crippen molar-refractivity contribution < 1.29 is 28.9 Å². The number of hydrogen-bond donors (Lipinski definition) is 2. The van der Waals surface area contributed by atoms with E-state index in [1.807, 2.05) is 13.0 Å². The minimum Gasteiger partial charge on any atom is -0.508 e. The number of aromatic hydroxyl groups is 1. The van der Waals surface area contributed by atoms with E-state index in [9.17, 15) is 14.7 Å². The molecule has 0 amide bonds. The molecule has 1 aliphatic heterocycles. The second-order valence-electron chi connectivity index (χ2n) is 6.41. The van der Waals surface area contributed by atoms with Crippen molar-refractivity contribution in [1.29, 1.82) is 0 Å². The average Bonchev–Trinajstić information content (AvgIpc) is 2.67. The number of hydrogen-bond acceptors (Lipinski definition) is 7. The molecule has 2 N–H and O–H groups in total. The lowest BCUT2D eigenvalue weighted by molar-refractivity contribution is -0.182. The Hall–Kier alpha value is -3.22. The number of rotatable bonds is 5. The predicted octanol–water partition coefficient (Wildman–Crippen LogP) is 3.11. The maximum atomic E-state index is 13.1. The fraction of sp³-hybridized carbons (Fsp3) is 0.333. The summed E-state index contributed by atoms with van der Waals surface area (Å²) in [6.07, 6.45) is 0. The molecular formula is C21H23NO6. The van der Waals surface area contributed by atoms with Gasteiger partial charge >= 0.3 is 17.5 Å². The number of aryl methyl sites for hydroxylation is 1. The number of anilines is 1. The van der Waals surface area contributed by atoms with Crippen molar-refractivity contribution in [1.82, 2.24) is 0 Å². The number of para-hydroxylation sites is 1. The van der Waals surface area contributed by atoms with Crippen LogP contribution in [0.5, 0.6) is 11.5 Å². The van der Waals surface area contributed by atoms with Crippen molar-refractivity contribution in [3.63, 3.8) is 0 Å². The Kier molecular flexibility index (Phi) is 5.44. The van der Waals surface area contributed by atoms with Gasteiger partial charge in [0.05, 0.1) is 18.9 Å². The normalized spacial score (nSPS) is 16.9. The number of fused-ring (bicyclic) bond motifs is 1. The smallest absolute Gasteiger partial charge is 0.365 e. The molecular weight excluding hydrogens is 362 g/mol. The average molecular weight is 385 g/mol. The van der Waals surface area contributed by atoms with Crippen LogP contribution in [-0.2, 0) is 19.1 Å². The molecule has 1 atom stereocenters. The molecule has 0 aliphatic carbocycles. The quantitative estimate of drug-likeness (QED) is 0.603. The Labute approximate surface area is 163 Å². The summed E-state index contributed by atoms with van der Waals surface area (Å²) in [5.74, 6) is -1.53. The van der Waals surface area contributed by atoms with Crippen LogP contribution in [0.1, 0.15) is 31.0 Å². The van der Waals surface area contributed by atoms with Gasteiger partial charge in [0.25, 0.3) is 0 Å². The molecule has 2 aromatic carbocycles. The Bertz CT molecular complexity index is 876. The zero-order valence-corrected chi connectivity index (χ0v) is 16.0. The lowest BCUT2D eigenvalue weighted by Crippen LogP contribution is -2.61. The van der Waals surface area contributed by atoms with Crippen LogP contribution in [0.4, 0.5) is 5.69 Å². The van der Waals surface area contributed by atoms with Crippen LogP contribution in [0.15, 0.2) is 42.5 Å². The maximum absolute atomic E-state index is 13.1. The van der Waals surface area contributed by atoms with Crippen molar-refractivity contribution in [3.05, 3.63) is 53.6 Å². The van der Waals surface area contributed by atoms with Crippen LogP contribution in [0.2, 0.25) is 0 Å². The molecule has 0 bridgehead atoms. The lowest BCUT2D eigenvalue weighted by Gasteiger charge is -2.41. The van der Waals surface area contributed by atoms with Crippen molar-refractivity contribution in [2.45, 2.75) is 32.4 Å². The van der Waals surface area contributed by atoms with E-state index in [2.05, 4.69) is 5.32 Å². The Morgan fingerprint density at radius 1 is 1.11 bits per heavy atom. The van der Waals surface area contributed by atoms with Gasteiger partial charge in [-0.1, -0.05) is 24.3 Å². The first kappa shape index (κ1) is 19.5. The summed E-state index contributed by atoms with van der Waals surface area (Å²) in [6, 6.07) is 10.8. The third kappa shape index (κ3) is 3.24. The minimum absolute atomic E-state index is 0.0531. The van der Waals surface area contributed by atoms with Gasteiger partial charge in [0.2, 0.25) is 0 Å². The third-order valence-electron chi connectivity index (χ3n) is 4.52. The molecule has 7 nitrogen and oxygen atoms in total. The molecule has 0 spiro atoms. The molecule has 1 unspecified atom stereocenters. The Balaban J connectivity index is 2.24. The van der Waals surface area contributed by atoms with Crippen LogP contribution >= 0.6 is 0 Å².